The number of para-hydroxylation sites is 1. The fourth-order valence-corrected chi connectivity index (χ4v) is 2.44. The van der Waals surface area contributed by atoms with E-state index in [1.165, 1.54) is 24.3 Å². The number of ether oxygens (including phenoxy) is 3. The first-order chi connectivity index (χ1) is 13.5. The van der Waals surface area contributed by atoms with E-state index in [-0.39, 0.29) is 16.9 Å². The Hall–Kier alpha value is -3.42. The lowest BCUT2D eigenvalue weighted by atomic mass is 10.1. The summed E-state index contributed by atoms with van der Waals surface area (Å²) in [5, 5.41) is 9.71. The number of phenolic OH excluding ortho intramolecular Hbond substituents is 1. The Kier molecular flexibility index (Phi) is 7.50. The van der Waals surface area contributed by atoms with Gasteiger partial charge in [-0.1, -0.05) is 12.1 Å². The Morgan fingerprint density at radius 3 is 1.93 bits per heavy atom. The van der Waals surface area contributed by atoms with Gasteiger partial charge in [0.2, 0.25) is 5.75 Å². The zero-order valence-corrected chi connectivity index (χ0v) is 16.1. The molecule has 0 unspecified atom stereocenters. The zero-order chi connectivity index (χ0) is 20.5. The molecule has 0 aliphatic carbocycles. The lowest BCUT2D eigenvalue weighted by Gasteiger charge is -2.17. The summed E-state index contributed by atoms with van der Waals surface area (Å²) >= 11 is 0. The number of nitrogens with one attached hydrogen (secondary N) is 2. The molecule has 0 atom stereocenters. The van der Waals surface area contributed by atoms with E-state index in [0.29, 0.717) is 37.1 Å². The molecule has 2 rings (SSSR count). The highest BCUT2D eigenvalue weighted by atomic mass is 16.5. The number of hydrazine groups is 1. The van der Waals surface area contributed by atoms with Crippen molar-refractivity contribution in [2.75, 3.05) is 19.8 Å². The molecule has 0 spiro atoms. The third-order valence-corrected chi connectivity index (χ3v) is 3.61. The van der Waals surface area contributed by atoms with Gasteiger partial charge in [-0.05, 0) is 45.0 Å². The van der Waals surface area contributed by atoms with Gasteiger partial charge in [-0.2, -0.15) is 0 Å². The molecule has 8 heteroatoms. The van der Waals surface area contributed by atoms with Crippen molar-refractivity contribution >= 4 is 11.8 Å². The summed E-state index contributed by atoms with van der Waals surface area (Å²) in [6.07, 6.45) is 0. The van der Waals surface area contributed by atoms with Crippen LogP contribution >= 0.6 is 0 Å². The van der Waals surface area contributed by atoms with Crippen molar-refractivity contribution in [2.45, 2.75) is 20.8 Å². The SMILES string of the molecule is CCOc1cc(C(=O)NNC(=O)c2ccccc2O)cc(OCC)c1OCC. The number of carbonyl (C=O) groups is 2. The Morgan fingerprint density at radius 2 is 1.39 bits per heavy atom. The summed E-state index contributed by atoms with van der Waals surface area (Å²) in [4.78, 5) is 24.6. The Morgan fingerprint density at radius 1 is 0.857 bits per heavy atom. The molecular weight excluding hydrogens is 364 g/mol. The maximum atomic E-state index is 12.5. The molecule has 0 bridgehead atoms. The first kappa shape index (κ1) is 20.9. The van der Waals surface area contributed by atoms with Crippen molar-refractivity contribution in [3.8, 4) is 23.0 Å². The van der Waals surface area contributed by atoms with E-state index in [2.05, 4.69) is 10.9 Å². The Balaban J connectivity index is 2.21. The normalized spacial score (nSPS) is 10.1. The number of hydrogen-bond acceptors (Lipinski definition) is 6. The van der Waals surface area contributed by atoms with Gasteiger partial charge in [-0.25, -0.2) is 0 Å². The van der Waals surface area contributed by atoms with Gasteiger partial charge in [0.25, 0.3) is 11.8 Å². The smallest absolute Gasteiger partial charge is 0.273 e. The lowest BCUT2D eigenvalue weighted by Crippen LogP contribution is -2.41. The second-order valence-corrected chi connectivity index (χ2v) is 5.53. The fraction of sp³-hybridized carbons (Fsp3) is 0.300. The Labute approximate surface area is 163 Å². The van der Waals surface area contributed by atoms with Crippen LogP contribution in [0.25, 0.3) is 0 Å². The number of amides is 2. The molecule has 0 heterocycles. The van der Waals surface area contributed by atoms with Gasteiger partial charge in [0.05, 0.1) is 25.4 Å². The molecule has 0 saturated carbocycles. The number of rotatable bonds is 8. The topological polar surface area (TPSA) is 106 Å². The molecule has 0 radical (unpaired) electrons. The van der Waals surface area contributed by atoms with Crippen LogP contribution in [0.4, 0.5) is 0 Å². The monoisotopic (exact) mass is 388 g/mol. The second-order valence-electron chi connectivity index (χ2n) is 5.53. The average Bonchev–Trinajstić information content (AvgIpc) is 2.68. The van der Waals surface area contributed by atoms with Gasteiger partial charge in [0.1, 0.15) is 5.75 Å². The van der Waals surface area contributed by atoms with E-state index >= 15 is 0 Å². The van der Waals surface area contributed by atoms with Crippen molar-refractivity contribution in [1.29, 1.82) is 0 Å². The van der Waals surface area contributed by atoms with Crippen LogP contribution in [-0.4, -0.2) is 36.7 Å². The van der Waals surface area contributed by atoms with Crippen molar-refractivity contribution in [3.05, 3.63) is 47.5 Å². The molecule has 2 aromatic carbocycles. The third kappa shape index (κ3) is 5.06. The predicted molar refractivity (Wildman–Crippen MR) is 103 cm³/mol. The van der Waals surface area contributed by atoms with E-state index < -0.39 is 11.8 Å². The van der Waals surface area contributed by atoms with Gasteiger partial charge in [-0.3, -0.25) is 20.4 Å². The van der Waals surface area contributed by atoms with Crippen LogP contribution < -0.4 is 25.1 Å². The van der Waals surface area contributed by atoms with Crippen molar-refractivity contribution in [3.63, 3.8) is 0 Å². The molecule has 0 fully saturated rings. The van der Waals surface area contributed by atoms with E-state index in [1.54, 1.807) is 12.1 Å². The molecule has 3 N–H and O–H groups in total. The zero-order valence-electron chi connectivity index (χ0n) is 16.1. The maximum Gasteiger partial charge on any atom is 0.273 e. The van der Waals surface area contributed by atoms with Gasteiger partial charge >= 0.3 is 0 Å². The summed E-state index contributed by atoms with van der Waals surface area (Å²) in [5.41, 5.74) is 4.84. The molecule has 2 aromatic rings. The van der Waals surface area contributed by atoms with Crippen LogP contribution in [0.3, 0.4) is 0 Å². The van der Waals surface area contributed by atoms with Crippen LogP contribution in [0.2, 0.25) is 0 Å². The summed E-state index contributed by atoms with van der Waals surface area (Å²) < 4.78 is 16.7. The highest BCUT2D eigenvalue weighted by molar-refractivity contribution is 6.00. The number of benzene rings is 2. The molecular formula is C20H24N2O6. The number of carbonyl (C=O) groups excluding carboxylic acids is 2. The second kappa shape index (κ2) is 10.1. The average molecular weight is 388 g/mol. The number of phenols is 1. The van der Waals surface area contributed by atoms with Crippen molar-refractivity contribution in [2.24, 2.45) is 0 Å². The van der Waals surface area contributed by atoms with Crippen molar-refractivity contribution < 1.29 is 28.9 Å². The van der Waals surface area contributed by atoms with Gasteiger partial charge in [-0.15, -0.1) is 0 Å². The number of aromatic hydroxyl groups is 1. The minimum Gasteiger partial charge on any atom is -0.507 e. The molecule has 0 aromatic heterocycles. The fourth-order valence-electron chi connectivity index (χ4n) is 2.44. The lowest BCUT2D eigenvalue weighted by molar-refractivity contribution is 0.0844. The quantitative estimate of drug-likeness (QED) is 0.601. The van der Waals surface area contributed by atoms with E-state index in [1.807, 2.05) is 20.8 Å². The predicted octanol–water partition coefficient (Wildman–Crippen LogP) is 2.66. The largest absolute Gasteiger partial charge is 0.507 e. The van der Waals surface area contributed by atoms with E-state index in [4.69, 9.17) is 14.2 Å². The molecule has 8 nitrogen and oxygen atoms in total. The molecule has 0 aliphatic rings. The highest BCUT2D eigenvalue weighted by Gasteiger charge is 2.19. The maximum absolute atomic E-state index is 12.5. The van der Waals surface area contributed by atoms with Crippen molar-refractivity contribution in [1.82, 2.24) is 10.9 Å². The van der Waals surface area contributed by atoms with Crippen LogP contribution in [0.15, 0.2) is 36.4 Å². The number of hydrogen-bond donors (Lipinski definition) is 3. The third-order valence-electron chi connectivity index (χ3n) is 3.61. The summed E-state index contributed by atoms with van der Waals surface area (Å²) in [6, 6.07) is 9.04. The minimum atomic E-state index is -0.646. The standard InChI is InChI=1S/C20H24N2O6/c1-4-26-16-11-13(12-17(27-5-2)18(16)28-6-3)19(24)21-22-20(25)14-9-7-8-10-15(14)23/h7-12,23H,4-6H2,1-3H3,(H,21,24)(H,22,25). The van der Waals surface area contributed by atoms with Crippen LogP contribution in [-0.2, 0) is 0 Å². The molecule has 2 amide bonds. The minimum absolute atomic E-state index is 0.0412. The van der Waals surface area contributed by atoms with Crippen LogP contribution in [0, 0.1) is 0 Å². The highest BCUT2D eigenvalue weighted by Crippen LogP contribution is 2.39. The molecule has 0 aliphatic heterocycles. The summed E-state index contributed by atoms with van der Waals surface area (Å²) in [7, 11) is 0. The first-order valence-electron chi connectivity index (χ1n) is 8.96. The summed E-state index contributed by atoms with van der Waals surface area (Å²) in [5.74, 6) is -0.255. The molecule has 0 saturated heterocycles. The van der Waals surface area contributed by atoms with E-state index in [9.17, 15) is 14.7 Å². The first-order valence-corrected chi connectivity index (χ1v) is 8.96. The van der Waals surface area contributed by atoms with Gasteiger partial charge in [0, 0.05) is 5.56 Å². The van der Waals surface area contributed by atoms with Gasteiger partial charge < -0.3 is 19.3 Å². The molecule has 28 heavy (non-hydrogen) atoms. The van der Waals surface area contributed by atoms with Crippen LogP contribution in [0.1, 0.15) is 41.5 Å². The van der Waals surface area contributed by atoms with Gasteiger partial charge in [0.15, 0.2) is 11.5 Å². The molecule has 150 valence electrons. The summed E-state index contributed by atoms with van der Waals surface area (Å²) in [6.45, 7) is 6.62. The van der Waals surface area contributed by atoms with E-state index in [0.717, 1.165) is 0 Å². The Bertz CT molecular complexity index is 810. The van der Waals surface area contributed by atoms with Crippen LogP contribution in [0.5, 0.6) is 23.0 Å².